The lowest BCUT2D eigenvalue weighted by Gasteiger charge is -2.22. The number of aryl methyl sites for hydroxylation is 1. The zero-order valence-corrected chi connectivity index (χ0v) is 21.3. The summed E-state index contributed by atoms with van der Waals surface area (Å²) in [6, 6.07) is 23.2. The summed E-state index contributed by atoms with van der Waals surface area (Å²) in [6.45, 7) is 8.55. The van der Waals surface area contributed by atoms with Crippen LogP contribution in [0.4, 0.5) is 5.82 Å². The molecule has 180 valence electrons. The zero-order chi connectivity index (χ0) is 25.0. The van der Waals surface area contributed by atoms with Crippen molar-refractivity contribution in [2.75, 3.05) is 11.9 Å². The quantitative estimate of drug-likeness (QED) is 0.358. The Hall–Kier alpha value is -3.71. The molecule has 4 rings (SSSR count). The Labute approximate surface area is 210 Å². The van der Waals surface area contributed by atoms with E-state index in [2.05, 4.69) is 26.1 Å². The lowest BCUT2D eigenvalue weighted by atomic mass is 9.92. The lowest BCUT2D eigenvalue weighted by Crippen LogP contribution is -2.37. The maximum Gasteiger partial charge on any atom is 0.264 e. The highest BCUT2D eigenvalue weighted by atomic mass is 32.1. The summed E-state index contributed by atoms with van der Waals surface area (Å²) in [4.78, 5) is 28.6. The number of nitrogens with one attached hydrogen (secondary N) is 1. The second kappa shape index (κ2) is 10.3. The van der Waals surface area contributed by atoms with Gasteiger partial charge in [-0.15, -0.1) is 11.3 Å². The number of thiophene rings is 1. The fourth-order valence-electron chi connectivity index (χ4n) is 3.71. The number of carbonyl (C=O) groups excluding carboxylic acids is 2. The van der Waals surface area contributed by atoms with Crippen LogP contribution in [0.5, 0.6) is 0 Å². The van der Waals surface area contributed by atoms with Crippen molar-refractivity contribution in [1.82, 2.24) is 14.7 Å². The first kappa shape index (κ1) is 24.4. The molecule has 35 heavy (non-hydrogen) atoms. The summed E-state index contributed by atoms with van der Waals surface area (Å²) in [7, 11) is 0. The zero-order valence-electron chi connectivity index (χ0n) is 20.5. The van der Waals surface area contributed by atoms with Crippen LogP contribution in [0.2, 0.25) is 0 Å². The molecule has 4 aromatic rings. The molecule has 0 bridgehead atoms. The largest absolute Gasteiger partial charge is 0.324 e. The lowest BCUT2D eigenvalue weighted by molar-refractivity contribution is -0.117. The van der Waals surface area contributed by atoms with E-state index >= 15 is 0 Å². The number of carbonyl (C=O) groups is 2. The molecule has 0 radical (unpaired) electrons. The van der Waals surface area contributed by atoms with E-state index in [-0.39, 0.29) is 23.8 Å². The highest BCUT2D eigenvalue weighted by molar-refractivity contribution is 7.12. The Balaban J connectivity index is 1.60. The Morgan fingerprint density at radius 1 is 1.00 bits per heavy atom. The van der Waals surface area contributed by atoms with E-state index < -0.39 is 0 Å². The van der Waals surface area contributed by atoms with Crippen LogP contribution in [-0.2, 0) is 16.8 Å². The second-order valence-electron chi connectivity index (χ2n) is 9.59. The fraction of sp³-hybridized carbons (Fsp3) is 0.250. The van der Waals surface area contributed by atoms with E-state index in [4.69, 9.17) is 5.10 Å². The third kappa shape index (κ3) is 6.05. The van der Waals surface area contributed by atoms with Crippen LogP contribution in [0, 0.1) is 6.92 Å². The van der Waals surface area contributed by atoms with Crippen LogP contribution >= 0.6 is 11.3 Å². The Kier molecular flexibility index (Phi) is 7.17. The predicted molar refractivity (Wildman–Crippen MR) is 141 cm³/mol. The van der Waals surface area contributed by atoms with Gasteiger partial charge in [-0.1, -0.05) is 69.3 Å². The Bertz CT molecular complexity index is 1300. The first-order valence-electron chi connectivity index (χ1n) is 11.5. The van der Waals surface area contributed by atoms with Crippen LogP contribution < -0.4 is 5.32 Å². The van der Waals surface area contributed by atoms with Crippen molar-refractivity contribution >= 4 is 29.0 Å². The number of amides is 2. The van der Waals surface area contributed by atoms with Crippen molar-refractivity contribution in [1.29, 1.82) is 0 Å². The molecular weight excluding hydrogens is 456 g/mol. The summed E-state index contributed by atoms with van der Waals surface area (Å²) in [5.41, 5.74) is 3.60. The molecule has 2 heterocycles. The third-order valence-corrected chi connectivity index (χ3v) is 6.42. The van der Waals surface area contributed by atoms with Gasteiger partial charge >= 0.3 is 0 Å². The van der Waals surface area contributed by atoms with E-state index in [1.165, 1.54) is 11.3 Å². The van der Waals surface area contributed by atoms with E-state index in [0.717, 1.165) is 22.5 Å². The van der Waals surface area contributed by atoms with E-state index in [0.29, 0.717) is 17.2 Å². The van der Waals surface area contributed by atoms with Gasteiger partial charge in [-0.2, -0.15) is 5.10 Å². The van der Waals surface area contributed by atoms with Crippen LogP contribution in [0.15, 0.2) is 78.2 Å². The minimum absolute atomic E-state index is 0.0739. The monoisotopic (exact) mass is 486 g/mol. The maximum absolute atomic E-state index is 13.3. The van der Waals surface area contributed by atoms with Crippen LogP contribution in [0.1, 0.15) is 47.3 Å². The number of aromatic nitrogens is 2. The highest BCUT2D eigenvalue weighted by Gasteiger charge is 2.24. The van der Waals surface area contributed by atoms with Gasteiger partial charge in [-0.05, 0) is 41.6 Å². The van der Waals surface area contributed by atoms with Crippen molar-refractivity contribution in [3.63, 3.8) is 0 Å². The van der Waals surface area contributed by atoms with Gasteiger partial charge in [0.2, 0.25) is 5.91 Å². The average molecular weight is 487 g/mol. The molecule has 0 aliphatic carbocycles. The molecule has 0 saturated carbocycles. The molecule has 0 saturated heterocycles. The molecular formula is C28H30N4O2S. The van der Waals surface area contributed by atoms with Gasteiger partial charge in [0.05, 0.1) is 16.3 Å². The van der Waals surface area contributed by atoms with Gasteiger partial charge in [0.15, 0.2) is 0 Å². The smallest absolute Gasteiger partial charge is 0.264 e. The van der Waals surface area contributed by atoms with Gasteiger partial charge in [0, 0.05) is 18.0 Å². The SMILES string of the molecule is Cc1cccc(-n2nc(C(C)(C)C)cc2NC(=O)CN(Cc2ccccc2)C(=O)c2cccs2)c1. The van der Waals surface area contributed by atoms with Crippen molar-refractivity contribution in [3.8, 4) is 5.69 Å². The molecule has 0 unspecified atom stereocenters. The standard InChI is InChI=1S/C28H30N4O2S/c1-20-10-8-13-22(16-20)32-25(17-24(30-32)28(2,3)4)29-26(33)19-31(18-21-11-6-5-7-12-21)27(34)23-14-9-15-35-23/h5-17H,18-19H2,1-4H3,(H,29,33). The van der Waals surface area contributed by atoms with E-state index in [9.17, 15) is 9.59 Å². The number of hydrogen-bond donors (Lipinski definition) is 1. The minimum atomic E-state index is -0.278. The predicted octanol–water partition coefficient (Wildman–Crippen LogP) is 5.82. The average Bonchev–Trinajstić information content (AvgIpc) is 3.49. The second-order valence-corrected chi connectivity index (χ2v) is 10.5. The maximum atomic E-state index is 13.3. The topological polar surface area (TPSA) is 67.2 Å². The molecule has 1 N–H and O–H groups in total. The fourth-order valence-corrected chi connectivity index (χ4v) is 4.40. The molecule has 2 aromatic carbocycles. The van der Waals surface area contributed by atoms with Crippen LogP contribution in [-0.4, -0.2) is 33.0 Å². The van der Waals surface area contributed by atoms with Crippen LogP contribution in [0.25, 0.3) is 5.69 Å². The molecule has 2 aromatic heterocycles. The molecule has 0 spiro atoms. The first-order chi connectivity index (χ1) is 16.7. The third-order valence-electron chi connectivity index (χ3n) is 5.56. The minimum Gasteiger partial charge on any atom is -0.324 e. The molecule has 0 aliphatic rings. The van der Waals surface area contributed by atoms with Gasteiger partial charge in [-0.25, -0.2) is 4.68 Å². The summed E-state index contributed by atoms with van der Waals surface area (Å²) >= 11 is 1.37. The number of nitrogens with zero attached hydrogens (tertiary/aromatic N) is 3. The number of benzene rings is 2. The van der Waals surface area contributed by atoms with Gasteiger partial charge < -0.3 is 10.2 Å². The summed E-state index contributed by atoms with van der Waals surface area (Å²) in [5.74, 6) is 0.135. The summed E-state index contributed by atoms with van der Waals surface area (Å²) in [6.07, 6.45) is 0. The van der Waals surface area contributed by atoms with E-state index in [1.54, 1.807) is 15.6 Å². The van der Waals surface area contributed by atoms with Gasteiger partial charge in [-0.3, -0.25) is 9.59 Å². The Morgan fingerprint density at radius 2 is 1.77 bits per heavy atom. The molecule has 6 nitrogen and oxygen atoms in total. The molecule has 0 atom stereocenters. The first-order valence-corrected chi connectivity index (χ1v) is 12.4. The number of anilines is 1. The van der Waals surface area contributed by atoms with Crippen molar-refractivity contribution in [2.45, 2.75) is 39.7 Å². The molecule has 0 fully saturated rings. The Morgan fingerprint density at radius 3 is 2.43 bits per heavy atom. The van der Waals surface area contributed by atoms with Crippen molar-refractivity contribution in [2.24, 2.45) is 0 Å². The summed E-state index contributed by atoms with van der Waals surface area (Å²) < 4.78 is 1.76. The molecule has 0 aliphatic heterocycles. The van der Waals surface area contributed by atoms with Crippen LogP contribution in [0.3, 0.4) is 0 Å². The van der Waals surface area contributed by atoms with Gasteiger partial charge in [0.1, 0.15) is 12.4 Å². The number of rotatable bonds is 7. The highest BCUT2D eigenvalue weighted by Crippen LogP contribution is 2.27. The van der Waals surface area contributed by atoms with Crippen molar-refractivity contribution < 1.29 is 9.59 Å². The molecule has 2 amide bonds. The van der Waals surface area contributed by atoms with Crippen molar-refractivity contribution in [3.05, 3.63) is 99.9 Å². The normalized spacial score (nSPS) is 11.3. The van der Waals surface area contributed by atoms with E-state index in [1.807, 2.05) is 79.0 Å². The number of hydrogen-bond acceptors (Lipinski definition) is 4. The van der Waals surface area contributed by atoms with Gasteiger partial charge in [0.25, 0.3) is 5.91 Å². The molecule has 7 heteroatoms. The summed E-state index contributed by atoms with van der Waals surface area (Å²) in [5, 5.41) is 9.66.